The predicted molar refractivity (Wildman–Crippen MR) is 129 cm³/mol. The highest BCUT2D eigenvalue weighted by molar-refractivity contribution is 5.96. The Morgan fingerprint density at radius 2 is 2.06 bits per heavy atom. The van der Waals surface area contributed by atoms with E-state index in [2.05, 4.69) is 26.3 Å². The molecule has 1 aromatic heterocycles. The van der Waals surface area contributed by atoms with Gasteiger partial charge in [0.05, 0.1) is 19.8 Å². The van der Waals surface area contributed by atoms with E-state index in [9.17, 15) is 4.79 Å². The van der Waals surface area contributed by atoms with Crippen molar-refractivity contribution in [1.29, 1.82) is 0 Å². The van der Waals surface area contributed by atoms with Crippen molar-refractivity contribution in [3.63, 3.8) is 0 Å². The molecular weight excluding hydrogens is 422 g/mol. The van der Waals surface area contributed by atoms with Gasteiger partial charge in [0.25, 0.3) is 0 Å². The van der Waals surface area contributed by atoms with Crippen molar-refractivity contribution >= 4 is 17.7 Å². The number of carbonyl (C=O) groups is 1. The Labute approximate surface area is 194 Å². The van der Waals surface area contributed by atoms with Gasteiger partial charge in [0, 0.05) is 64.0 Å². The second kappa shape index (κ2) is 12.8. The molecule has 178 valence electrons. The lowest BCUT2D eigenvalue weighted by Gasteiger charge is -2.27. The van der Waals surface area contributed by atoms with E-state index in [1.54, 1.807) is 7.11 Å². The first-order valence-corrected chi connectivity index (χ1v) is 11.2. The molecule has 1 aliphatic heterocycles. The number of hydrogen-bond donors (Lipinski definition) is 2. The number of nitrogens with two attached hydrogens (primary N) is 1. The summed E-state index contributed by atoms with van der Waals surface area (Å²) in [5, 5.41) is 2.56. The predicted octanol–water partition coefficient (Wildman–Crippen LogP) is 1.99. The zero-order valence-electron chi connectivity index (χ0n) is 19.4. The normalized spacial score (nSPS) is 14.2. The molecule has 9 heteroatoms. The largest absolute Gasteiger partial charge is 0.493 e. The lowest BCUT2D eigenvalue weighted by Crippen LogP contribution is -2.36. The van der Waals surface area contributed by atoms with Crippen molar-refractivity contribution in [3.8, 4) is 16.9 Å². The zero-order valence-corrected chi connectivity index (χ0v) is 19.4. The van der Waals surface area contributed by atoms with E-state index >= 15 is 0 Å². The molecule has 1 saturated heterocycles. The van der Waals surface area contributed by atoms with Crippen LogP contribution in [0.25, 0.3) is 11.1 Å². The number of carbonyl (C=O) groups excluding carboxylic acids is 1. The van der Waals surface area contributed by atoms with Gasteiger partial charge in [-0.3, -0.25) is 15.1 Å². The number of rotatable bonds is 10. The highest BCUT2D eigenvalue weighted by Crippen LogP contribution is 2.32. The number of benzene rings is 1. The molecule has 2 aromatic rings. The lowest BCUT2D eigenvalue weighted by molar-refractivity contribution is -0.119. The van der Waals surface area contributed by atoms with E-state index in [0.29, 0.717) is 26.1 Å². The topological polar surface area (TPSA) is 111 Å². The summed E-state index contributed by atoms with van der Waals surface area (Å²) < 4.78 is 16.6. The van der Waals surface area contributed by atoms with E-state index in [1.165, 1.54) is 7.05 Å². The van der Waals surface area contributed by atoms with Gasteiger partial charge in [0.1, 0.15) is 11.6 Å². The summed E-state index contributed by atoms with van der Waals surface area (Å²) in [7, 11) is 3.21. The van der Waals surface area contributed by atoms with Crippen LogP contribution in [0.4, 0.5) is 5.82 Å². The van der Waals surface area contributed by atoms with Crippen molar-refractivity contribution in [2.24, 2.45) is 10.7 Å². The Kier molecular flexibility index (Phi) is 9.46. The molecule has 9 nitrogen and oxygen atoms in total. The van der Waals surface area contributed by atoms with Crippen LogP contribution >= 0.6 is 0 Å². The molecule has 3 rings (SSSR count). The number of amides is 1. The highest BCUT2D eigenvalue weighted by Gasteiger charge is 2.14. The summed E-state index contributed by atoms with van der Waals surface area (Å²) in [6.45, 7) is 4.30. The molecule has 0 saturated carbocycles. The fourth-order valence-electron chi connectivity index (χ4n) is 3.51. The van der Waals surface area contributed by atoms with Crippen LogP contribution < -0.4 is 20.7 Å². The van der Waals surface area contributed by atoms with Gasteiger partial charge >= 0.3 is 0 Å². The van der Waals surface area contributed by atoms with E-state index < -0.39 is 0 Å². The standard InChI is InChI=1S/C24H33N5O4/c1-26-24(25)28-23(30)9-5-18-4-7-20(21(16-18)33-13-3-12-31-2)19-6-8-22(27-17-19)29-10-14-32-15-11-29/h4,6-8,16-17H,3,5,9-15H2,1-2H3,(H3,25,26,28,30). The quantitative estimate of drug-likeness (QED) is 0.320. The molecule has 0 aliphatic carbocycles. The second-order valence-electron chi connectivity index (χ2n) is 7.69. The molecule has 0 bridgehead atoms. The molecule has 0 radical (unpaired) electrons. The third kappa shape index (κ3) is 7.44. The Hall–Kier alpha value is -3.17. The van der Waals surface area contributed by atoms with Crippen LogP contribution in [0.3, 0.4) is 0 Å². The molecule has 1 aliphatic rings. The Balaban J connectivity index is 1.74. The summed E-state index contributed by atoms with van der Waals surface area (Å²) in [6.07, 6.45) is 3.52. The minimum absolute atomic E-state index is 0.116. The molecule has 1 aromatic carbocycles. The summed E-state index contributed by atoms with van der Waals surface area (Å²) in [4.78, 5) is 22.7. The highest BCUT2D eigenvalue weighted by atomic mass is 16.5. The molecule has 1 fully saturated rings. The maximum Gasteiger partial charge on any atom is 0.226 e. The van der Waals surface area contributed by atoms with E-state index in [0.717, 1.165) is 61.0 Å². The summed E-state index contributed by atoms with van der Waals surface area (Å²) in [5.41, 5.74) is 8.50. The Morgan fingerprint density at radius 1 is 1.24 bits per heavy atom. The maximum absolute atomic E-state index is 12.0. The molecule has 3 N–H and O–H groups in total. The van der Waals surface area contributed by atoms with Crippen LogP contribution in [0.15, 0.2) is 41.5 Å². The minimum atomic E-state index is -0.173. The average Bonchev–Trinajstić information content (AvgIpc) is 2.86. The number of ether oxygens (including phenoxy) is 3. The number of aromatic nitrogens is 1. The van der Waals surface area contributed by atoms with Gasteiger partial charge in [-0.2, -0.15) is 0 Å². The zero-order chi connectivity index (χ0) is 23.5. The van der Waals surface area contributed by atoms with Gasteiger partial charge in [-0.1, -0.05) is 12.1 Å². The van der Waals surface area contributed by atoms with Crippen LogP contribution in [-0.2, 0) is 20.7 Å². The van der Waals surface area contributed by atoms with Gasteiger partial charge in [0.2, 0.25) is 5.91 Å². The first-order valence-electron chi connectivity index (χ1n) is 11.2. The summed E-state index contributed by atoms with van der Waals surface area (Å²) in [6, 6.07) is 10.1. The number of aryl methyl sites for hydroxylation is 1. The number of morpholine rings is 1. The van der Waals surface area contributed by atoms with Crippen molar-refractivity contribution in [1.82, 2.24) is 10.3 Å². The van der Waals surface area contributed by atoms with Crippen molar-refractivity contribution in [2.45, 2.75) is 19.3 Å². The van der Waals surface area contributed by atoms with Crippen LogP contribution in [-0.4, -0.2) is 70.5 Å². The van der Waals surface area contributed by atoms with Crippen LogP contribution in [0, 0.1) is 0 Å². The summed E-state index contributed by atoms with van der Waals surface area (Å²) >= 11 is 0. The Morgan fingerprint density at radius 3 is 2.76 bits per heavy atom. The van der Waals surface area contributed by atoms with Crippen LogP contribution in [0.1, 0.15) is 18.4 Å². The molecule has 0 spiro atoms. The number of aliphatic imine (C=N–C) groups is 1. The number of pyridine rings is 1. The van der Waals surface area contributed by atoms with E-state index in [-0.39, 0.29) is 11.9 Å². The maximum atomic E-state index is 12.0. The van der Waals surface area contributed by atoms with Gasteiger partial charge in [-0.15, -0.1) is 0 Å². The fourth-order valence-corrected chi connectivity index (χ4v) is 3.51. The van der Waals surface area contributed by atoms with Gasteiger partial charge in [0.15, 0.2) is 5.96 Å². The second-order valence-corrected chi connectivity index (χ2v) is 7.69. The Bertz CT molecular complexity index is 927. The SMILES string of the molecule is CN=C(N)NC(=O)CCc1ccc(-c2ccc(N3CCOCC3)nc2)c(OCCCOC)c1. The number of nitrogens with one attached hydrogen (secondary N) is 1. The molecule has 0 unspecified atom stereocenters. The molecule has 2 heterocycles. The number of nitrogens with zero attached hydrogens (tertiary/aromatic N) is 3. The van der Waals surface area contributed by atoms with Crippen molar-refractivity contribution < 1.29 is 19.0 Å². The van der Waals surface area contributed by atoms with Crippen molar-refractivity contribution in [3.05, 3.63) is 42.1 Å². The molecule has 33 heavy (non-hydrogen) atoms. The minimum Gasteiger partial charge on any atom is -0.493 e. The smallest absolute Gasteiger partial charge is 0.226 e. The van der Waals surface area contributed by atoms with E-state index in [4.69, 9.17) is 19.9 Å². The number of methoxy groups -OCH3 is 1. The lowest BCUT2D eigenvalue weighted by atomic mass is 10.0. The average molecular weight is 456 g/mol. The number of hydrogen-bond acceptors (Lipinski definition) is 7. The molecular formula is C24H33N5O4. The first kappa shape index (κ1) is 24.5. The summed E-state index contributed by atoms with van der Waals surface area (Å²) in [5.74, 6) is 1.65. The van der Waals surface area contributed by atoms with Crippen LogP contribution in [0.2, 0.25) is 0 Å². The van der Waals surface area contributed by atoms with Gasteiger partial charge in [-0.05, 0) is 30.2 Å². The van der Waals surface area contributed by atoms with Gasteiger partial charge < -0.3 is 24.8 Å². The first-order chi connectivity index (χ1) is 16.1. The number of anilines is 1. The van der Waals surface area contributed by atoms with Crippen LogP contribution in [0.5, 0.6) is 5.75 Å². The molecule has 0 atom stereocenters. The van der Waals surface area contributed by atoms with E-state index in [1.807, 2.05) is 30.5 Å². The fraction of sp³-hybridized carbons (Fsp3) is 0.458. The third-order valence-electron chi connectivity index (χ3n) is 5.34. The molecule has 1 amide bonds. The van der Waals surface area contributed by atoms with Crippen molar-refractivity contribution in [2.75, 3.05) is 58.6 Å². The number of guanidine groups is 1. The van der Waals surface area contributed by atoms with Gasteiger partial charge in [-0.25, -0.2) is 4.98 Å². The monoisotopic (exact) mass is 455 g/mol. The third-order valence-corrected chi connectivity index (χ3v) is 5.34.